The summed E-state index contributed by atoms with van der Waals surface area (Å²) in [6.45, 7) is 0. The highest BCUT2D eigenvalue weighted by Gasteiger charge is 2.33. The molecule has 1 amide bonds. The molecule has 0 spiro atoms. The fourth-order valence-corrected chi connectivity index (χ4v) is 1.31. The van der Waals surface area contributed by atoms with E-state index in [0.717, 1.165) is 19.2 Å². The smallest absolute Gasteiger partial charge is 0.465 e. The number of hydrogen-bond acceptors (Lipinski definition) is 5. The van der Waals surface area contributed by atoms with Crippen LogP contribution in [0.4, 0.5) is 24.5 Å². The van der Waals surface area contributed by atoms with Gasteiger partial charge in [0.1, 0.15) is 0 Å². The zero-order chi connectivity index (χ0) is 14.6. The van der Waals surface area contributed by atoms with Gasteiger partial charge < -0.3 is 20.5 Å². The molecule has 19 heavy (non-hydrogen) atoms. The zero-order valence-corrected chi connectivity index (χ0v) is 9.58. The van der Waals surface area contributed by atoms with Crippen LogP contribution in [-0.4, -0.2) is 25.9 Å². The van der Waals surface area contributed by atoms with Gasteiger partial charge in [0.2, 0.25) is 6.41 Å². The van der Waals surface area contributed by atoms with E-state index in [4.69, 9.17) is 5.73 Å². The summed E-state index contributed by atoms with van der Waals surface area (Å²) < 4.78 is 44.4. The standard InChI is InChI=1S/C10H9F3N2O4/c1-18-9(17)5-2-3-6(19-10(11,12)13)7(14)8(5)15-4-16/h2-4H,14H2,1H3,(H,15,16). The molecule has 1 aromatic rings. The third-order valence-electron chi connectivity index (χ3n) is 2.04. The van der Waals surface area contributed by atoms with Gasteiger partial charge in [-0.15, -0.1) is 13.2 Å². The predicted octanol–water partition coefficient (Wildman–Crippen LogP) is 1.52. The molecule has 0 radical (unpaired) electrons. The van der Waals surface area contributed by atoms with Gasteiger partial charge in [0.15, 0.2) is 5.75 Å². The lowest BCUT2D eigenvalue weighted by molar-refractivity contribution is -0.274. The highest BCUT2D eigenvalue weighted by molar-refractivity contribution is 6.02. The average molecular weight is 278 g/mol. The van der Waals surface area contributed by atoms with Crippen LogP contribution in [-0.2, 0) is 9.53 Å². The second kappa shape index (κ2) is 5.46. The highest BCUT2D eigenvalue weighted by Crippen LogP contribution is 2.36. The number of esters is 1. The molecule has 0 heterocycles. The Morgan fingerprint density at radius 3 is 2.53 bits per heavy atom. The number of carbonyl (C=O) groups excluding carboxylic acids is 2. The lowest BCUT2D eigenvalue weighted by Gasteiger charge is -2.15. The number of nitrogens with one attached hydrogen (secondary N) is 1. The number of ether oxygens (including phenoxy) is 2. The van der Waals surface area contributed by atoms with Crippen LogP contribution in [0.2, 0.25) is 0 Å². The van der Waals surface area contributed by atoms with Crippen LogP contribution < -0.4 is 15.8 Å². The maximum absolute atomic E-state index is 12.1. The summed E-state index contributed by atoms with van der Waals surface area (Å²) in [4.78, 5) is 21.8. The van der Waals surface area contributed by atoms with Crippen LogP contribution in [0, 0.1) is 0 Å². The molecule has 6 nitrogen and oxygen atoms in total. The maximum atomic E-state index is 12.1. The molecule has 0 unspecified atom stereocenters. The van der Waals surface area contributed by atoms with E-state index in [1.807, 2.05) is 5.32 Å². The van der Waals surface area contributed by atoms with E-state index in [1.165, 1.54) is 0 Å². The average Bonchev–Trinajstić information content (AvgIpc) is 2.32. The second-order valence-corrected chi connectivity index (χ2v) is 3.20. The molecule has 1 aromatic carbocycles. The molecule has 0 fully saturated rings. The summed E-state index contributed by atoms with van der Waals surface area (Å²) in [5.41, 5.74) is 4.37. The molecular formula is C10H9F3N2O4. The number of hydrogen-bond donors (Lipinski definition) is 2. The molecule has 0 atom stereocenters. The summed E-state index contributed by atoms with van der Waals surface area (Å²) in [7, 11) is 1.07. The summed E-state index contributed by atoms with van der Waals surface area (Å²) in [5.74, 6) is -1.60. The normalized spacial score (nSPS) is 10.7. The van der Waals surface area contributed by atoms with Crippen molar-refractivity contribution in [2.24, 2.45) is 0 Å². The van der Waals surface area contributed by atoms with Crippen LogP contribution in [0.3, 0.4) is 0 Å². The Hall–Kier alpha value is -2.45. The maximum Gasteiger partial charge on any atom is 0.573 e. The second-order valence-electron chi connectivity index (χ2n) is 3.20. The fraction of sp³-hybridized carbons (Fsp3) is 0.200. The van der Waals surface area contributed by atoms with Crippen molar-refractivity contribution in [3.63, 3.8) is 0 Å². The van der Waals surface area contributed by atoms with Crippen molar-refractivity contribution >= 4 is 23.8 Å². The monoisotopic (exact) mass is 278 g/mol. The molecule has 0 saturated carbocycles. The number of halogens is 3. The number of methoxy groups -OCH3 is 1. The van der Waals surface area contributed by atoms with E-state index in [0.29, 0.717) is 0 Å². The van der Waals surface area contributed by atoms with E-state index >= 15 is 0 Å². The quantitative estimate of drug-likeness (QED) is 0.495. The summed E-state index contributed by atoms with van der Waals surface area (Å²) in [6.07, 6.45) is -4.78. The summed E-state index contributed by atoms with van der Waals surface area (Å²) in [6, 6.07) is 1.85. The zero-order valence-electron chi connectivity index (χ0n) is 9.58. The van der Waals surface area contributed by atoms with Crippen molar-refractivity contribution < 1.29 is 32.2 Å². The largest absolute Gasteiger partial charge is 0.573 e. The molecule has 3 N–H and O–H groups in total. The third kappa shape index (κ3) is 3.50. The van der Waals surface area contributed by atoms with Crippen molar-refractivity contribution in [2.45, 2.75) is 6.36 Å². The van der Waals surface area contributed by atoms with Crippen molar-refractivity contribution in [3.8, 4) is 5.75 Å². The van der Waals surface area contributed by atoms with Crippen molar-refractivity contribution in [2.75, 3.05) is 18.2 Å². The first-order valence-electron chi connectivity index (χ1n) is 4.77. The number of nitrogen functional groups attached to an aromatic ring is 1. The Kier molecular flexibility index (Phi) is 4.20. The van der Waals surface area contributed by atoms with E-state index < -0.39 is 23.8 Å². The number of carbonyl (C=O) groups is 2. The first-order valence-corrected chi connectivity index (χ1v) is 4.77. The van der Waals surface area contributed by atoms with Crippen LogP contribution in [0.25, 0.3) is 0 Å². The summed E-state index contributed by atoms with van der Waals surface area (Å²) in [5, 5.41) is 2.03. The van der Waals surface area contributed by atoms with Gasteiger partial charge in [-0.05, 0) is 12.1 Å². The Balaban J connectivity index is 3.30. The van der Waals surface area contributed by atoms with E-state index in [9.17, 15) is 22.8 Å². The van der Waals surface area contributed by atoms with E-state index in [2.05, 4.69) is 9.47 Å². The molecular weight excluding hydrogens is 269 g/mol. The van der Waals surface area contributed by atoms with Crippen LogP contribution in [0.5, 0.6) is 5.75 Å². The van der Waals surface area contributed by atoms with Gasteiger partial charge in [-0.2, -0.15) is 0 Å². The predicted molar refractivity (Wildman–Crippen MR) is 58.6 cm³/mol. The molecule has 0 bridgehead atoms. The number of alkyl halides is 3. The summed E-state index contributed by atoms with van der Waals surface area (Å²) >= 11 is 0. The number of anilines is 2. The van der Waals surface area contributed by atoms with Gasteiger partial charge in [-0.1, -0.05) is 0 Å². The van der Waals surface area contributed by atoms with Gasteiger partial charge in [0.25, 0.3) is 0 Å². The Morgan fingerprint density at radius 2 is 2.05 bits per heavy atom. The SMILES string of the molecule is COC(=O)c1ccc(OC(F)(F)F)c(N)c1NC=O. The molecule has 104 valence electrons. The van der Waals surface area contributed by atoms with Crippen molar-refractivity contribution in [1.82, 2.24) is 0 Å². The van der Waals surface area contributed by atoms with Gasteiger partial charge in [-0.3, -0.25) is 4.79 Å². The molecule has 1 rings (SSSR count). The first kappa shape index (κ1) is 14.6. The molecule has 0 aliphatic heterocycles. The van der Waals surface area contributed by atoms with Crippen molar-refractivity contribution in [3.05, 3.63) is 17.7 Å². The van der Waals surface area contributed by atoms with Gasteiger partial charge in [-0.25, -0.2) is 4.79 Å². The van der Waals surface area contributed by atoms with Gasteiger partial charge >= 0.3 is 12.3 Å². The Labute approximate surface area is 105 Å². The number of benzene rings is 1. The van der Waals surface area contributed by atoms with Gasteiger partial charge in [0.05, 0.1) is 24.0 Å². The number of amides is 1. The minimum atomic E-state index is -4.95. The highest BCUT2D eigenvalue weighted by atomic mass is 19.4. The lowest BCUT2D eigenvalue weighted by Crippen LogP contribution is -2.19. The van der Waals surface area contributed by atoms with Crippen LogP contribution in [0.15, 0.2) is 12.1 Å². The Bertz CT molecular complexity index is 502. The minimum absolute atomic E-state index is 0.162. The van der Waals surface area contributed by atoms with E-state index in [1.54, 1.807) is 0 Å². The molecule has 0 saturated heterocycles. The van der Waals surface area contributed by atoms with E-state index in [-0.39, 0.29) is 17.7 Å². The molecule has 0 aromatic heterocycles. The molecule has 0 aliphatic carbocycles. The third-order valence-corrected chi connectivity index (χ3v) is 2.04. The van der Waals surface area contributed by atoms with Crippen LogP contribution >= 0.6 is 0 Å². The number of nitrogens with two attached hydrogens (primary N) is 1. The molecule has 9 heteroatoms. The fourth-order valence-electron chi connectivity index (χ4n) is 1.31. The number of rotatable bonds is 4. The Morgan fingerprint density at radius 1 is 1.42 bits per heavy atom. The first-order chi connectivity index (χ1) is 8.80. The van der Waals surface area contributed by atoms with Crippen LogP contribution in [0.1, 0.15) is 10.4 Å². The molecule has 0 aliphatic rings. The lowest BCUT2D eigenvalue weighted by atomic mass is 10.1. The van der Waals surface area contributed by atoms with Gasteiger partial charge in [0, 0.05) is 0 Å². The topological polar surface area (TPSA) is 90.7 Å². The van der Waals surface area contributed by atoms with Crippen molar-refractivity contribution in [1.29, 1.82) is 0 Å². The minimum Gasteiger partial charge on any atom is -0.465 e.